The number of aryl methyl sites for hydroxylation is 1. The maximum Gasteiger partial charge on any atom is 0.182 e. The second kappa shape index (κ2) is 4.96. The van der Waals surface area contributed by atoms with Gasteiger partial charge in [0.25, 0.3) is 0 Å². The SMILES string of the molecule is COc1ccc2c(c1)[nH]c(=S)n2-c1cc(C)ccc1Cl. The normalized spacial score (nSPS) is 10.9. The van der Waals surface area contributed by atoms with Crippen molar-refractivity contribution in [2.45, 2.75) is 6.92 Å². The lowest BCUT2D eigenvalue weighted by Crippen LogP contribution is -1.95. The molecule has 0 atom stereocenters. The molecule has 20 heavy (non-hydrogen) atoms. The van der Waals surface area contributed by atoms with Gasteiger partial charge < -0.3 is 9.72 Å². The highest BCUT2D eigenvalue weighted by Gasteiger charge is 2.10. The standard InChI is InChI=1S/C15H13ClN2OS/c1-9-3-5-11(16)14(7-9)18-13-6-4-10(19-2)8-12(13)17-15(18)20/h3-8H,1-2H3,(H,17,20). The van der Waals surface area contributed by atoms with Gasteiger partial charge in [-0.15, -0.1) is 0 Å². The van der Waals surface area contributed by atoms with Crippen molar-refractivity contribution in [1.29, 1.82) is 0 Å². The Kier molecular flexibility index (Phi) is 3.28. The average molecular weight is 305 g/mol. The number of nitrogens with one attached hydrogen (secondary N) is 1. The molecule has 0 fully saturated rings. The Morgan fingerprint density at radius 3 is 2.75 bits per heavy atom. The first-order valence-corrected chi connectivity index (χ1v) is 6.94. The van der Waals surface area contributed by atoms with Gasteiger partial charge in [0.15, 0.2) is 4.77 Å². The molecule has 1 aromatic heterocycles. The van der Waals surface area contributed by atoms with Gasteiger partial charge in [-0.25, -0.2) is 0 Å². The first-order valence-electron chi connectivity index (χ1n) is 6.15. The number of aromatic nitrogens is 2. The van der Waals surface area contributed by atoms with Gasteiger partial charge in [0.05, 0.1) is 28.9 Å². The molecule has 1 heterocycles. The van der Waals surface area contributed by atoms with Gasteiger partial charge in [-0.1, -0.05) is 17.7 Å². The molecular weight excluding hydrogens is 292 g/mol. The van der Waals surface area contributed by atoms with Crippen molar-refractivity contribution in [2.24, 2.45) is 0 Å². The molecular formula is C15H13ClN2OS. The van der Waals surface area contributed by atoms with Gasteiger partial charge in [-0.3, -0.25) is 4.57 Å². The molecule has 0 unspecified atom stereocenters. The van der Waals surface area contributed by atoms with Gasteiger partial charge in [0, 0.05) is 6.07 Å². The fraction of sp³-hybridized carbons (Fsp3) is 0.133. The summed E-state index contributed by atoms with van der Waals surface area (Å²) in [5, 5.41) is 0.670. The van der Waals surface area contributed by atoms with E-state index in [2.05, 4.69) is 4.98 Å². The molecule has 0 bridgehead atoms. The molecule has 3 nitrogen and oxygen atoms in total. The third kappa shape index (κ3) is 2.11. The molecule has 0 radical (unpaired) electrons. The highest BCUT2D eigenvalue weighted by atomic mass is 35.5. The summed E-state index contributed by atoms with van der Waals surface area (Å²) in [5.74, 6) is 0.788. The predicted molar refractivity (Wildman–Crippen MR) is 84.8 cm³/mol. The van der Waals surface area contributed by atoms with Crippen LogP contribution in [0.2, 0.25) is 5.02 Å². The van der Waals surface area contributed by atoms with E-state index < -0.39 is 0 Å². The number of hydrogen-bond donors (Lipinski definition) is 1. The first kappa shape index (κ1) is 13.2. The van der Waals surface area contributed by atoms with Gasteiger partial charge >= 0.3 is 0 Å². The maximum atomic E-state index is 6.31. The lowest BCUT2D eigenvalue weighted by Gasteiger charge is -2.08. The van der Waals surface area contributed by atoms with Crippen LogP contribution in [0.5, 0.6) is 5.75 Å². The molecule has 5 heteroatoms. The van der Waals surface area contributed by atoms with Crippen molar-refractivity contribution in [3.8, 4) is 11.4 Å². The zero-order valence-electron chi connectivity index (χ0n) is 11.1. The molecule has 3 aromatic rings. The summed E-state index contributed by atoms with van der Waals surface area (Å²) in [7, 11) is 1.64. The number of fused-ring (bicyclic) bond motifs is 1. The van der Waals surface area contributed by atoms with E-state index in [1.807, 2.05) is 47.9 Å². The lowest BCUT2D eigenvalue weighted by molar-refractivity contribution is 0.415. The third-order valence-corrected chi connectivity index (χ3v) is 3.84. The van der Waals surface area contributed by atoms with Crippen molar-refractivity contribution < 1.29 is 4.74 Å². The van der Waals surface area contributed by atoms with Gasteiger partial charge in [-0.05, 0) is 49.0 Å². The number of ether oxygens (including phenoxy) is 1. The van der Waals surface area contributed by atoms with Gasteiger partial charge in [0.2, 0.25) is 0 Å². The van der Waals surface area contributed by atoms with Crippen LogP contribution in [0, 0.1) is 11.7 Å². The van der Waals surface area contributed by atoms with Gasteiger partial charge in [-0.2, -0.15) is 0 Å². The molecule has 3 rings (SSSR count). The molecule has 0 aliphatic carbocycles. The number of imidazole rings is 1. The van der Waals surface area contributed by atoms with Crippen LogP contribution in [-0.4, -0.2) is 16.7 Å². The summed E-state index contributed by atoms with van der Waals surface area (Å²) in [6.07, 6.45) is 0. The van der Waals surface area contributed by atoms with E-state index in [0.717, 1.165) is 28.0 Å². The van der Waals surface area contributed by atoms with E-state index in [9.17, 15) is 0 Å². The Morgan fingerprint density at radius 1 is 1.20 bits per heavy atom. The minimum atomic E-state index is 0.612. The van der Waals surface area contributed by atoms with E-state index in [1.165, 1.54) is 0 Å². The molecule has 0 aliphatic rings. The van der Waals surface area contributed by atoms with Crippen LogP contribution in [0.4, 0.5) is 0 Å². The highest BCUT2D eigenvalue weighted by molar-refractivity contribution is 7.71. The summed E-state index contributed by atoms with van der Waals surface area (Å²) >= 11 is 11.7. The van der Waals surface area contributed by atoms with Crippen LogP contribution in [0.3, 0.4) is 0 Å². The minimum absolute atomic E-state index is 0.612. The Labute approximate surface area is 126 Å². The van der Waals surface area contributed by atoms with Crippen LogP contribution in [-0.2, 0) is 0 Å². The van der Waals surface area contributed by atoms with E-state index in [-0.39, 0.29) is 0 Å². The zero-order valence-corrected chi connectivity index (χ0v) is 12.7. The average Bonchev–Trinajstić information content (AvgIpc) is 2.76. The largest absolute Gasteiger partial charge is 0.497 e. The second-order valence-corrected chi connectivity index (χ2v) is 5.40. The van der Waals surface area contributed by atoms with Crippen molar-refractivity contribution >= 4 is 34.9 Å². The zero-order chi connectivity index (χ0) is 14.3. The molecule has 0 saturated heterocycles. The molecule has 2 aromatic carbocycles. The summed E-state index contributed by atoms with van der Waals surface area (Å²) in [6, 6.07) is 11.7. The number of hydrogen-bond acceptors (Lipinski definition) is 2. The third-order valence-electron chi connectivity index (χ3n) is 3.23. The van der Waals surface area contributed by atoms with E-state index in [0.29, 0.717) is 9.79 Å². The molecule has 0 aliphatic heterocycles. The van der Waals surface area contributed by atoms with Crippen LogP contribution in [0.1, 0.15) is 5.56 Å². The quantitative estimate of drug-likeness (QED) is 0.698. The molecule has 0 spiro atoms. The number of H-pyrrole nitrogens is 1. The Balaban J connectivity index is 2.33. The van der Waals surface area contributed by atoms with Crippen molar-refractivity contribution in [1.82, 2.24) is 9.55 Å². The minimum Gasteiger partial charge on any atom is -0.497 e. The molecule has 0 amide bonds. The Bertz CT molecular complexity index is 851. The van der Waals surface area contributed by atoms with Gasteiger partial charge in [0.1, 0.15) is 5.75 Å². The van der Waals surface area contributed by atoms with Crippen LogP contribution >= 0.6 is 23.8 Å². The molecule has 102 valence electrons. The Morgan fingerprint density at radius 2 is 2.00 bits per heavy atom. The lowest BCUT2D eigenvalue weighted by atomic mass is 10.2. The van der Waals surface area contributed by atoms with Crippen LogP contribution in [0.25, 0.3) is 16.7 Å². The van der Waals surface area contributed by atoms with E-state index in [1.54, 1.807) is 7.11 Å². The fourth-order valence-corrected chi connectivity index (χ4v) is 2.76. The maximum absolute atomic E-state index is 6.31. The predicted octanol–water partition coefficient (Wildman–Crippen LogP) is 4.66. The number of methoxy groups -OCH3 is 1. The number of halogens is 1. The molecule has 1 N–H and O–H groups in total. The van der Waals surface area contributed by atoms with Crippen molar-refractivity contribution in [3.63, 3.8) is 0 Å². The van der Waals surface area contributed by atoms with Crippen molar-refractivity contribution in [3.05, 3.63) is 51.8 Å². The highest BCUT2D eigenvalue weighted by Crippen LogP contribution is 2.28. The smallest absolute Gasteiger partial charge is 0.182 e. The van der Waals surface area contributed by atoms with E-state index in [4.69, 9.17) is 28.6 Å². The molecule has 0 saturated carbocycles. The summed E-state index contributed by atoms with van der Waals surface area (Å²) in [6.45, 7) is 2.03. The number of aromatic amines is 1. The first-order chi connectivity index (χ1) is 9.60. The Hall–Kier alpha value is -1.78. The number of rotatable bonds is 2. The van der Waals surface area contributed by atoms with Crippen molar-refractivity contribution in [2.75, 3.05) is 7.11 Å². The summed E-state index contributed by atoms with van der Waals surface area (Å²) in [5.41, 5.74) is 3.91. The fourth-order valence-electron chi connectivity index (χ4n) is 2.25. The number of nitrogens with zero attached hydrogens (tertiary/aromatic N) is 1. The van der Waals surface area contributed by atoms with Crippen LogP contribution in [0.15, 0.2) is 36.4 Å². The summed E-state index contributed by atoms with van der Waals surface area (Å²) < 4.78 is 7.79. The number of benzene rings is 2. The summed E-state index contributed by atoms with van der Waals surface area (Å²) in [4.78, 5) is 3.19. The topological polar surface area (TPSA) is 29.9 Å². The van der Waals surface area contributed by atoms with E-state index >= 15 is 0 Å². The second-order valence-electron chi connectivity index (χ2n) is 4.60. The monoisotopic (exact) mass is 304 g/mol. The van der Waals surface area contributed by atoms with Crippen LogP contribution < -0.4 is 4.74 Å².